The van der Waals surface area contributed by atoms with E-state index in [4.69, 9.17) is 42.6 Å². The number of aryl methyl sites for hydroxylation is 1. The van der Waals surface area contributed by atoms with Crippen LogP contribution in [0, 0.1) is 29.5 Å². The summed E-state index contributed by atoms with van der Waals surface area (Å²) in [6, 6.07) is -0.137. The number of fused-ring (bicyclic) bond motifs is 2. The minimum absolute atomic E-state index is 0.0547. The van der Waals surface area contributed by atoms with Crippen molar-refractivity contribution in [2.75, 3.05) is 66.9 Å². The third-order valence-electron chi connectivity index (χ3n) is 17.2. The molecule has 0 aromatic carbocycles. The standard InChI is InChI=1S/C56H89FN6O16/c1-17-39-56(11)45(59-53(70)79-56)31(5)41(64)29(3)26-54(9,71-15)46(78-52-43(66)38(61(12)13)24-30(4)74-52)32(6)44(33(7)51(69)76-39)77-40-27-55(10,72-16)47(34(8)75-40)73-23-19-21-62(14)22-20-58-48-37(57)25-35-42(65)36(50(67)68)28-63(18-2)49(35)60-48/h25,28-34,38-40,43-47,52,66H,17-24,26-27H2,1-16H3,(H,58,60)(H,59,70)(H,67,68)/t29-,30-,31+,32+,33-,34+,38+,39-,40+,43-,44+,45-,46-,47+,52+,54-,55-,56-/m1/s1. The number of methoxy groups -OCH3 is 2. The molecule has 2 aromatic rings. The van der Waals surface area contributed by atoms with E-state index in [0.717, 1.165) is 6.07 Å². The lowest BCUT2D eigenvalue weighted by molar-refractivity contribution is -0.322. The molecule has 0 spiro atoms. The number of likely N-dealkylation sites (N-methyl/N-ethyl adjacent to an activating group) is 2. The number of aromatic nitrogens is 2. The van der Waals surface area contributed by atoms with Crippen LogP contribution < -0.4 is 16.1 Å². The second-order valence-corrected chi connectivity index (χ2v) is 23.2. The van der Waals surface area contributed by atoms with E-state index in [-0.39, 0.29) is 54.0 Å². The molecule has 4 N–H and O–H groups in total. The highest BCUT2D eigenvalue weighted by Crippen LogP contribution is 2.43. The van der Waals surface area contributed by atoms with Crippen LogP contribution in [0.15, 0.2) is 17.1 Å². The molecule has 1 amide bonds. The van der Waals surface area contributed by atoms with Crippen molar-refractivity contribution in [3.8, 4) is 0 Å². The lowest BCUT2D eigenvalue weighted by Crippen LogP contribution is -2.61. The van der Waals surface area contributed by atoms with Crippen LogP contribution in [-0.4, -0.2) is 199 Å². The first-order valence-corrected chi connectivity index (χ1v) is 27.9. The Bertz CT molecular complexity index is 2520. The fourth-order valence-corrected chi connectivity index (χ4v) is 12.5. The number of hydrogen-bond donors (Lipinski definition) is 4. The van der Waals surface area contributed by atoms with Gasteiger partial charge in [0.1, 0.15) is 35.3 Å². The highest BCUT2D eigenvalue weighted by atomic mass is 19.1. The number of alkyl carbamates (subject to hydrolysis) is 1. The van der Waals surface area contributed by atoms with Gasteiger partial charge in [-0.2, -0.15) is 0 Å². The number of amides is 1. The van der Waals surface area contributed by atoms with E-state index in [1.807, 2.05) is 79.4 Å². The maximum absolute atomic E-state index is 15.2. The number of ketones is 1. The summed E-state index contributed by atoms with van der Waals surface area (Å²) in [4.78, 5) is 75.2. The van der Waals surface area contributed by atoms with Gasteiger partial charge in [-0.1, -0.05) is 27.7 Å². The predicted molar refractivity (Wildman–Crippen MR) is 289 cm³/mol. The number of Topliss-reactive ketones (excluding diaryl/α,β-unsaturated/α-hetero) is 1. The van der Waals surface area contributed by atoms with Crippen molar-refractivity contribution in [1.82, 2.24) is 24.7 Å². The summed E-state index contributed by atoms with van der Waals surface area (Å²) >= 11 is 0. The van der Waals surface area contributed by atoms with E-state index in [1.165, 1.54) is 17.9 Å². The quantitative estimate of drug-likeness (QED) is 0.104. The number of carbonyl (C=O) groups is 4. The van der Waals surface area contributed by atoms with Crippen LogP contribution in [-0.2, 0) is 58.8 Å². The van der Waals surface area contributed by atoms with E-state index in [9.17, 15) is 34.2 Å². The summed E-state index contributed by atoms with van der Waals surface area (Å²) in [6.07, 6.45) is -5.41. The van der Waals surface area contributed by atoms with Crippen LogP contribution in [0.2, 0.25) is 0 Å². The molecule has 0 aliphatic carbocycles. The summed E-state index contributed by atoms with van der Waals surface area (Å²) in [5.74, 6) is -6.23. The number of rotatable bonds is 19. The van der Waals surface area contributed by atoms with Gasteiger partial charge in [0.15, 0.2) is 29.8 Å². The number of halogens is 1. The summed E-state index contributed by atoms with van der Waals surface area (Å²) in [6.45, 7) is 22.0. The lowest BCUT2D eigenvalue weighted by atomic mass is 9.73. The number of anilines is 1. The van der Waals surface area contributed by atoms with Gasteiger partial charge < -0.3 is 77.8 Å². The molecule has 22 nitrogen and oxygen atoms in total. The van der Waals surface area contributed by atoms with Crippen molar-refractivity contribution in [1.29, 1.82) is 0 Å². The molecular weight excluding hydrogens is 1030 g/mol. The molecule has 6 heterocycles. The smallest absolute Gasteiger partial charge is 0.408 e. The number of aromatic carboxylic acids is 1. The molecule has 0 radical (unpaired) electrons. The minimum Gasteiger partial charge on any atom is -0.477 e. The van der Waals surface area contributed by atoms with Gasteiger partial charge in [-0.25, -0.2) is 19.0 Å². The third kappa shape index (κ3) is 13.7. The highest BCUT2D eigenvalue weighted by Gasteiger charge is 2.58. The van der Waals surface area contributed by atoms with Gasteiger partial charge in [0.05, 0.1) is 53.0 Å². The molecule has 446 valence electrons. The number of nitrogens with one attached hydrogen (secondary N) is 2. The Hall–Kier alpha value is -4.43. The van der Waals surface area contributed by atoms with E-state index in [0.29, 0.717) is 45.6 Å². The number of hydrogen-bond acceptors (Lipinski definition) is 19. The molecule has 18 atom stereocenters. The number of nitrogens with zero attached hydrogens (tertiary/aromatic N) is 4. The van der Waals surface area contributed by atoms with E-state index in [2.05, 4.69) is 15.6 Å². The number of cyclic esters (lactones) is 1. The Balaban J connectivity index is 1.20. The fourth-order valence-electron chi connectivity index (χ4n) is 12.5. The summed E-state index contributed by atoms with van der Waals surface area (Å²) in [5.41, 5.74) is -4.72. The summed E-state index contributed by atoms with van der Waals surface area (Å²) < 4.78 is 75.3. The molecule has 23 heteroatoms. The molecule has 0 saturated carbocycles. The number of ether oxygens (including phenoxy) is 9. The summed E-state index contributed by atoms with van der Waals surface area (Å²) in [5, 5.41) is 27.1. The van der Waals surface area contributed by atoms with Crippen LogP contribution in [0.3, 0.4) is 0 Å². The monoisotopic (exact) mass is 1120 g/mol. The zero-order chi connectivity index (χ0) is 58.6. The molecule has 79 heavy (non-hydrogen) atoms. The Labute approximate surface area is 463 Å². The first-order valence-electron chi connectivity index (χ1n) is 27.9. The normalized spacial score (nSPS) is 36.9. The van der Waals surface area contributed by atoms with Crippen LogP contribution >= 0.6 is 0 Å². The van der Waals surface area contributed by atoms with Gasteiger partial charge in [-0.3, -0.25) is 14.4 Å². The van der Waals surface area contributed by atoms with Crippen molar-refractivity contribution in [3.05, 3.63) is 33.9 Å². The number of carboxylic acids is 1. The molecule has 4 aliphatic heterocycles. The van der Waals surface area contributed by atoms with E-state index < -0.39 is 131 Å². The van der Waals surface area contributed by atoms with Crippen LogP contribution in [0.4, 0.5) is 15.0 Å². The second kappa shape index (κ2) is 26.2. The number of aliphatic hydroxyl groups excluding tert-OH is 1. The van der Waals surface area contributed by atoms with Crippen LogP contribution in [0.25, 0.3) is 11.0 Å². The second-order valence-electron chi connectivity index (χ2n) is 23.2. The summed E-state index contributed by atoms with van der Waals surface area (Å²) in [7, 11) is 8.81. The van der Waals surface area contributed by atoms with Crippen LogP contribution in [0.5, 0.6) is 0 Å². The molecule has 4 saturated heterocycles. The Morgan fingerprint density at radius 1 is 0.949 bits per heavy atom. The highest BCUT2D eigenvalue weighted by molar-refractivity contribution is 5.92. The molecule has 4 fully saturated rings. The minimum atomic E-state index is -1.41. The van der Waals surface area contributed by atoms with Crippen molar-refractivity contribution in [2.45, 2.75) is 199 Å². The van der Waals surface area contributed by atoms with Crippen LogP contribution in [0.1, 0.15) is 119 Å². The maximum Gasteiger partial charge on any atom is 0.408 e. The topological polar surface area (TPSA) is 257 Å². The lowest BCUT2D eigenvalue weighted by Gasteiger charge is -2.50. The first-order chi connectivity index (χ1) is 37.1. The van der Waals surface area contributed by atoms with Crippen molar-refractivity contribution in [3.63, 3.8) is 0 Å². The van der Waals surface area contributed by atoms with E-state index >= 15 is 4.39 Å². The Morgan fingerprint density at radius 3 is 2.24 bits per heavy atom. The Kier molecular flexibility index (Phi) is 21.2. The van der Waals surface area contributed by atoms with Crippen molar-refractivity contribution < 1.29 is 76.4 Å². The van der Waals surface area contributed by atoms with Crippen molar-refractivity contribution in [2.24, 2.45) is 23.7 Å². The van der Waals surface area contributed by atoms with Gasteiger partial charge in [0.25, 0.3) is 0 Å². The van der Waals surface area contributed by atoms with Gasteiger partial charge in [0.2, 0.25) is 5.43 Å². The van der Waals surface area contributed by atoms with Gasteiger partial charge in [-0.15, -0.1) is 0 Å². The largest absolute Gasteiger partial charge is 0.477 e. The maximum atomic E-state index is 15.2. The first kappa shape index (κ1) is 63.7. The SMILES string of the molecule is CC[C@H]1OC(=O)[C@H](C)[C@@H](O[C@H]2C[C@@](C)(OC)[C@@H](OCCCN(C)CCNc3nc4c(cc3F)c(=O)c(C(=O)O)cn4CC)[C@H](C)O2)[C@H](C)[C@@H](O[C@@H]2O[C@H](C)C[C@H](N(C)C)[C@H]2O)[C@](C)(OC)C[C@@H](C)C(=O)[C@H](C)[C@H]2NC(=O)O[C@@]21C. The average Bonchev–Trinajstić information content (AvgIpc) is 3.72. The molecule has 0 bridgehead atoms. The zero-order valence-electron chi connectivity index (χ0n) is 49.2. The average molecular weight is 1120 g/mol. The number of carboxylic acid groups (broad SMARTS) is 1. The number of esters is 1. The van der Waals surface area contributed by atoms with Gasteiger partial charge in [-0.05, 0) is 101 Å². The molecule has 6 rings (SSSR count). The van der Waals surface area contributed by atoms with E-state index in [1.54, 1.807) is 34.8 Å². The third-order valence-corrected chi connectivity index (χ3v) is 17.2. The van der Waals surface area contributed by atoms with Gasteiger partial charge >= 0.3 is 18.0 Å². The fraction of sp³-hybridized carbons (Fsp3) is 0.786. The zero-order valence-corrected chi connectivity index (χ0v) is 49.2. The molecular formula is C56H89FN6O16. The van der Waals surface area contributed by atoms with Gasteiger partial charge in [0, 0.05) is 83.4 Å². The predicted octanol–water partition coefficient (Wildman–Crippen LogP) is 5.22. The molecule has 0 unspecified atom stereocenters. The number of pyridine rings is 2. The number of aliphatic hydroxyl groups is 1. The Morgan fingerprint density at radius 2 is 1.62 bits per heavy atom. The molecule has 2 aromatic heterocycles. The molecule has 4 aliphatic rings. The number of carbonyl (C=O) groups excluding carboxylic acids is 3. The van der Waals surface area contributed by atoms with Crippen molar-refractivity contribution >= 4 is 40.7 Å².